The second kappa shape index (κ2) is 5.39. The Kier molecular flexibility index (Phi) is 3.86. The summed E-state index contributed by atoms with van der Waals surface area (Å²) in [7, 11) is 0. The molecule has 0 fully saturated rings. The van der Waals surface area contributed by atoms with Crippen molar-refractivity contribution in [2.24, 2.45) is 0 Å². The Hall–Kier alpha value is -1.56. The minimum atomic E-state index is -0.519. The summed E-state index contributed by atoms with van der Waals surface area (Å²) < 4.78 is 26.9. The van der Waals surface area contributed by atoms with Crippen LogP contribution in [0.15, 0.2) is 28.9 Å². The zero-order valence-electron chi connectivity index (χ0n) is 9.54. The highest BCUT2D eigenvalue weighted by Gasteiger charge is 2.08. The monoisotopic (exact) mass is 313 g/mol. The van der Waals surface area contributed by atoms with Crippen LogP contribution in [-0.2, 0) is 6.54 Å². The molecule has 1 N–H and O–H groups in total. The lowest BCUT2D eigenvalue weighted by Gasteiger charge is -2.08. The van der Waals surface area contributed by atoms with Crippen molar-refractivity contribution in [2.75, 3.05) is 5.32 Å². The van der Waals surface area contributed by atoms with Crippen LogP contribution in [0.3, 0.4) is 0 Å². The van der Waals surface area contributed by atoms with Crippen LogP contribution in [0.2, 0.25) is 0 Å². The van der Waals surface area contributed by atoms with Crippen molar-refractivity contribution in [1.82, 2.24) is 9.97 Å². The minimum Gasteiger partial charge on any atom is -0.377 e. The van der Waals surface area contributed by atoms with Gasteiger partial charge in [0.05, 0.1) is 22.4 Å². The molecule has 0 saturated heterocycles. The molecule has 2 rings (SSSR count). The molecule has 3 nitrogen and oxygen atoms in total. The normalized spacial score (nSPS) is 10.4. The highest BCUT2D eigenvalue weighted by Crippen LogP contribution is 2.23. The van der Waals surface area contributed by atoms with E-state index in [2.05, 4.69) is 31.2 Å². The number of halogens is 3. The molecule has 94 valence electrons. The van der Waals surface area contributed by atoms with Gasteiger partial charge in [-0.05, 0) is 35.0 Å². The van der Waals surface area contributed by atoms with Crippen LogP contribution in [0, 0.1) is 18.6 Å². The molecule has 0 aliphatic carbocycles. The third kappa shape index (κ3) is 3.01. The van der Waals surface area contributed by atoms with E-state index in [0.29, 0.717) is 18.1 Å². The zero-order valence-corrected chi connectivity index (χ0v) is 11.1. The number of anilines is 1. The third-order valence-corrected chi connectivity index (χ3v) is 2.91. The molecule has 0 atom stereocenters. The Morgan fingerprint density at radius 3 is 2.78 bits per heavy atom. The van der Waals surface area contributed by atoms with E-state index in [1.54, 1.807) is 19.2 Å². The van der Waals surface area contributed by atoms with Crippen molar-refractivity contribution in [2.45, 2.75) is 13.5 Å². The lowest BCUT2D eigenvalue weighted by molar-refractivity contribution is 0.596. The van der Waals surface area contributed by atoms with Gasteiger partial charge in [-0.1, -0.05) is 0 Å². The number of hydrogen-bond acceptors (Lipinski definition) is 3. The van der Waals surface area contributed by atoms with Crippen molar-refractivity contribution in [3.8, 4) is 0 Å². The summed E-state index contributed by atoms with van der Waals surface area (Å²) in [6, 6.07) is 3.91. The minimum absolute atomic E-state index is 0.100. The fourth-order valence-electron chi connectivity index (χ4n) is 1.45. The van der Waals surface area contributed by atoms with Crippen LogP contribution in [0.5, 0.6) is 0 Å². The number of aryl methyl sites for hydroxylation is 1. The fraction of sp³-hybridized carbons (Fsp3) is 0.167. The first-order valence-corrected chi connectivity index (χ1v) is 6.02. The van der Waals surface area contributed by atoms with Crippen molar-refractivity contribution in [3.63, 3.8) is 0 Å². The van der Waals surface area contributed by atoms with E-state index in [4.69, 9.17) is 0 Å². The predicted molar refractivity (Wildman–Crippen MR) is 68.2 cm³/mol. The topological polar surface area (TPSA) is 37.8 Å². The molecule has 0 radical (unpaired) electrons. The fourth-order valence-corrected chi connectivity index (χ4v) is 1.76. The van der Waals surface area contributed by atoms with Gasteiger partial charge in [0.1, 0.15) is 17.5 Å². The van der Waals surface area contributed by atoms with E-state index in [9.17, 15) is 8.78 Å². The maximum atomic E-state index is 13.5. The van der Waals surface area contributed by atoms with E-state index in [-0.39, 0.29) is 10.2 Å². The standard InChI is InChI=1S/C12H10BrF2N3/c1-7-16-3-2-8(18-7)6-17-12-5-10(14)9(13)4-11(12)15/h2-5,17H,6H2,1H3. The van der Waals surface area contributed by atoms with Crippen molar-refractivity contribution in [3.05, 3.63) is 52.0 Å². The maximum absolute atomic E-state index is 13.5. The van der Waals surface area contributed by atoms with Crippen LogP contribution in [0.4, 0.5) is 14.5 Å². The number of nitrogens with one attached hydrogen (secondary N) is 1. The molecule has 0 unspecified atom stereocenters. The van der Waals surface area contributed by atoms with Gasteiger partial charge in [0.15, 0.2) is 0 Å². The SMILES string of the molecule is Cc1nccc(CNc2cc(F)c(Br)cc2F)n1. The van der Waals surface area contributed by atoms with Gasteiger partial charge in [0.25, 0.3) is 0 Å². The van der Waals surface area contributed by atoms with E-state index < -0.39 is 11.6 Å². The van der Waals surface area contributed by atoms with Gasteiger partial charge in [-0.3, -0.25) is 0 Å². The van der Waals surface area contributed by atoms with E-state index in [0.717, 1.165) is 12.1 Å². The second-order valence-electron chi connectivity index (χ2n) is 3.69. The Morgan fingerprint density at radius 2 is 2.06 bits per heavy atom. The highest BCUT2D eigenvalue weighted by molar-refractivity contribution is 9.10. The molecule has 1 heterocycles. The Balaban J connectivity index is 2.13. The molecular weight excluding hydrogens is 304 g/mol. The number of benzene rings is 1. The summed E-state index contributed by atoms with van der Waals surface area (Å²) in [5.74, 6) is -0.399. The molecule has 1 aromatic carbocycles. The molecular formula is C12H10BrF2N3. The molecule has 0 bridgehead atoms. The molecule has 0 aliphatic heterocycles. The Labute approximate surface area is 111 Å². The van der Waals surface area contributed by atoms with Crippen LogP contribution < -0.4 is 5.32 Å². The lowest BCUT2D eigenvalue weighted by atomic mass is 10.3. The zero-order chi connectivity index (χ0) is 13.1. The van der Waals surface area contributed by atoms with Gasteiger partial charge in [-0.25, -0.2) is 18.7 Å². The second-order valence-corrected chi connectivity index (χ2v) is 4.55. The molecule has 6 heteroatoms. The summed E-state index contributed by atoms with van der Waals surface area (Å²) in [5, 5.41) is 2.80. The van der Waals surface area contributed by atoms with E-state index >= 15 is 0 Å². The first kappa shape index (κ1) is 12.9. The summed E-state index contributed by atoms with van der Waals surface area (Å²) in [6.07, 6.45) is 1.62. The van der Waals surface area contributed by atoms with Gasteiger partial charge in [-0.2, -0.15) is 0 Å². The molecule has 2 aromatic rings. The number of nitrogens with zero attached hydrogens (tertiary/aromatic N) is 2. The largest absolute Gasteiger partial charge is 0.377 e. The molecule has 0 spiro atoms. The Bertz CT molecular complexity index is 575. The third-order valence-electron chi connectivity index (χ3n) is 2.30. The average molecular weight is 314 g/mol. The number of aromatic nitrogens is 2. The summed E-state index contributed by atoms with van der Waals surface area (Å²) in [6.45, 7) is 2.07. The van der Waals surface area contributed by atoms with Crippen molar-refractivity contribution in [1.29, 1.82) is 0 Å². The van der Waals surface area contributed by atoms with Gasteiger partial charge < -0.3 is 5.32 Å². The molecule has 0 saturated carbocycles. The number of rotatable bonds is 3. The first-order valence-electron chi connectivity index (χ1n) is 5.23. The van der Waals surface area contributed by atoms with Gasteiger partial charge in [0.2, 0.25) is 0 Å². The number of hydrogen-bond donors (Lipinski definition) is 1. The summed E-state index contributed by atoms with van der Waals surface area (Å²) in [5.41, 5.74) is 0.817. The van der Waals surface area contributed by atoms with Crippen LogP contribution in [-0.4, -0.2) is 9.97 Å². The van der Waals surface area contributed by atoms with Crippen molar-refractivity contribution < 1.29 is 8.78 Å². The molecule has 0 aliphatic rings. The lowest BCUT2D eigenvalue weighted by Crippen LogP contribution is -2.05. The first-order chi connectivity index (χ1) is 8.56. The average Bonchev–Trinajstić information content (AvgIpc) is 2.32. The molecule has 18 heavy (non-hydrogen) atoms. The van der Waals surface area contributed by atoms with Gasteiger partial charge in [-0.15, -0.1) is 0 Å². The molecule has 1 aromatic heterocycles. The molecule has 0 amide bonds. The Morgan fingerprint density at radius 1 is 1.28 bits per heavy atom. The van der Waals surface area contributed by atoms with Crippen LogP contribution in [0.1, 0.15) is 11.5 Å². The van der Waals surface area contributed by atoms with Gasteiger partial charge >= 0.3 is 0 Å². The maximum Gasteiger partial charge on any atom is 0.147 e. The van der Waals surface area contributed by atoms with Crippen LogP contribution >= 0.6 is 15.9 Å². The quantitative estimate of drug-likeness (QED) is 0.882. The van der Waals surface area contributed by atoms with Crippen molar-refractivity contribution >= 4 is 21.6 Å². The van der Waals surface area contributed by atoms with E-state index in [1.807, 2.05) is 0 Å². The van der Waals surface area contributed by atoms with Gasteiger partial charge in [0, 0.05) is 12.3 Å². The summed E-state index contributed by atoms with van der Waals surface area (Å²) in [4.78, 5) is 8.12. The predicted octanol–water partition coefficient (Wildman–Crippen LogP) is 3.44. The highest BCUT2D eigenvalue weighted by atomic mass is 79.9. The van der Waals surface area contributed by atoms with Crippen LogP contribution in [0.25, 0.3) is 0 Å². The summed E-state index contributed by atoms with van der Waals surface area (Å²) >= 11 is 2.92. The smallest absolute Gasteiger partial charge is 0.147 e. The van der Waals surface area contributed by atoms with E-state index in [1.165, 1.54) is 0 Å².